The van der Waals surface area contributed by atoms with E-state index >= 15 is 0 Å². The van der Waals surface area contributed by atoms with Crippen LogP contribution < -0.4 is 10.6 Å². The first-order valence-corrected chi connectivity index (χ1v) is 11.5. The van der Waals surface area contributed by atoms with Gasteiger partial charge in [-0.2, -0.15) is 0 Å². The summed E-state index contributed by atoms with van der Waals surface area (Å²) in [4.78, 5) is 4.48. The second kappa shape index (κ2) is 9.48. The Kier molecular flexibility index (Phi) is 6.50. The van der Waals surface area contributed by atoms with Crippen LogP contribution in [0.2, 0.25) is 0 Å². The maximum Gasteiger partial charge on any atom is 0.210 e. The molecule has 0 aliphatic carbocycles. The summed E-state index contributed by atoms with van der Waals surface area (Å²) >= 11 is 1.50. The molecule has 32 heavy (non-hydrogen) atoms. The van der Waals surface area contributed by atoms with Gasteiger partial charge in [-0.25, -0.2) is 9.66 Å². The Morgan fingerprint density at radius 3 is 2.44 bits per heavy atom. The fourth-order valence-electron chi connectivity index (χ4n) is 3.24. The lowest BCUT2D eigenvalue weighted by Crippen LogP contribution is -2.16. The number of nitrogen functional groups attached to an aromatic ring is 1. The lowest BCUT2D eigenvalue weighted by atomic mass is 9.87. The van der Waals surface area contributed by atoms with E-state index in [1.807, 2.05) is 42.7 Å². The number of hydrogen-bond acceptors (Lipinski definition) is 6. The van der Waals surface area contributed by atoms with Crippen LogP contribution in [-0.4, -0.2) is 24.4 Å². The van der Waals surface area contributed by atoms with Crippen molar-refractivity contribution in [1.82, 2.24) is 24.4 Å². The van der Waals surface area contributed by atoms with Crippen LogP contribution in [0.4, 0.5) is 0 Å². The summed E-state index contributed by atoms with van der Waals surface area (Å²) in [6, 6.07) is 18.4. The molecule has 0 atom stereocenters. The highest BCUT2D eigenvalue weighted by atomic mass is 32.2. The van der Waals surface area contributed by atoms with Gasteiger partial charge in [0.05, 0.1) is 5.75 Å². The predicted octanol–water partition coefficient (Wildman–Crippen LogP) is 4.41. The van der Waals surface area contributed by atoms with E-state index in [0.717, 1.165) is 18.1 Å². The fraction of sp³-hybridized carbons (Fsp3) is 0.292. The Bertz CT molecular complexity index is 1150. The van der Waals surface area contributed by atoms with Crippen molar-refractivity contribution in [2.75, 3.05) is 5.84 Å². The van der Waals surface area contributed by atoms with E-state index in [-0.39, 0.29) is 12.0 Å². The van der Waals surface area contributed by atoms with E-state index in [2.05, 4.69) is 64.8 Å². The molecule has 0 bridgehead atoms. The monoisotopic (exact) mass is 448 g/mol. The molecule has 0 saturated heterocycles. The molecular weight excluding hydrogens is 420 g/mol. The van der Waals surface area contributed by atoms with Crippen LogP contribution in [-0.2, 0) is 24.3 Å². The lowest BCUT2D eigenvalue weighted by molar-refractivity contribution is 0.291. The van der Waals surface area contributed by atoms with Gasteiger partial charge in [-0.3, -0.25) is 0 Å². The van der Waals surface area contributed by atoms with Crippen molar-refractivity contribution >= 4 is 11.8 Å². The van der Waals surface area contributed by atoms with E-state index < -0.39 is 0 Å². The number of nitrogens with two attached hydrogens (primary N) is 1. The first-order chi connectivity index (χ1) is 15.4. The molecule has 0 spiro atoms. The highest BCUT2D eigenvalue weighted by Crippen LogP contribution is 2.25. The lowest BCUT2D eigenvalue weighted by Gasteiger charge is -2.19. The van der Waals surface area contributed by atoms with Gasteiger partial charge in [0.15, 0.2) is 5.82 Å². The summed E-state index contributed by atoms with van der Waals surface area (Å²) in [6.07, 6.45) is 3.80. The van der Waals surface area contributed by atoms with Crippen molar-refractivity contribution in [2.45, 2.75) is 50.2 Å². The molecule has 2 heterocycles. The number of hydrogen-bond donors (Lipinski definition) is 1. The molecule has 0 saturated carbocycles. The molecule has 4 rings (SSSR count). The Morgan fingerprint density at radius 2 is 1.72 bits per heavy atom. The minimum Gasteiger partial charge on any atom is -0.486 e. The van der Waals surface area contributed by atoms with Crippen molar-refractivity contribution < 1.29 is 4.74 Å². The van der Waals surface area contributed by atoms with Crippen molar-refractivity contribution in [1.29, 1.82) is 0 Å². The molecule has 2 N–H and O–H groups in total. The van der Waals surface area contributed by atoms with Crippen LogP contribution in [0, 0.1) is 0 Å². The quantitative estimate of drug-likeness (QED) is 0.318. The van der Waals surface area contributed by atoms with Gasteiger partial charge in [0.25, 0.3) is 0 Å². The SMILES string of the molecule is CC(C)(C)c1ccc(OCc2nnc(SCc3nccn3Cc3ccccc3)n2N)cc1. The number of aromatic nitrogens is 5. The summed E-state index contributed by atoms with van der Waals surface area (Å²) in [7, 11) is 0. The molecule has 166 valence electrons. The standard InChI is InChI=1S/C24H28N6OS/c1-24(2,3)19-9-11-20(12-10-19)31-16-21-27-28-23(30(21)25)32-17-22-26-13-14-29(22)15-18-7-5-4-6-8-18/h4-14H,15-17,25H2,1-3H3. The Balaban J connectivity index is 1.34. The minimum atomic E-state index is 0.109. The van der Waals surface area contributed by atoms with Crippen LogP contribution in [0.1, 0.15) is 43.5 Å². The number of ether oxygens (including phenoxy) is 1. The zero-order valence-corrected chi connectivity index (χ0v) is 19.4. The fourth-order valence-corrected chi connectivity index (χ4v) is 4.08. The smallest absolute Gasteiger partial charge is 0.210 e. The molecule has 7 nitrogen and oxygen atoms in total. The normalized spacial score (nSPS) is 11.6. The first-order valence-electron chi connectivity index (χ1n) is 10.5. The third kappa shape index (κ3) is 5.31. The summed E-state index contributed by atoms with van der Waals surface area (Å²) in [6.45, 7) is 7.59. The Labute approximate surface area is 192 Å². The van der Waals surface area contributed by atoms with Gasteiger partial charge in [-0.15, -0.1) is 10.2 Å². The summed E-state index contributed by atoms with van der Waals surface area (Å²) in [5.74, 6) is 9.16. The molecule has 0 radical (unpaired) electrons. The van der Waals surface area contributed by atoms with Gasteiger partial charge in [-0.05, 0) is 28.7 Å². The van der Waals surface area contributed by atoms with Gasteiger partial charge in [-0.1, -0.05) is 75.0 Å². The van der Waals surface area contributed by atoms with E-state index in [4.69, 9.17) is 10.6 Å². The average molecular weight is 449 g/mol. The second-order valence-electron chi connectivity index (χ2n) is 8.58. The zero-order chi connectivity index (χ0) is 22.6. The number of rotatable bonds is 8. The topological polar surface area (TPSA) is 83.8 Å². The van der Waals surface area contributed by atoms with Crippen molar-refractivity contribution in [3.8, 4) is 5.75 Å². The summed E-state index contributed by atoms with van der Waals surface area (Å²) < 4.78 is 9.48. The van der Waals surface area contributed by atoms with Crippen LogP contribution in [0.25, 0.3) is 0 Å². The molecular formula is C24H28N6OS. The van der Waals surface area contributed by atoms with Crippen LogP contribution >= 0.6 is 11.8 Å². The van der Waals surface area contributed by atoms with E-state index in [0.29, 0.717) is 16.7 Å². The highest BCUT2D eigenvalue weighted by Gasteiger charge is 2.15. The molecule has 0 aliphatic rings. The van der Waals surface area contributed by atoms with E-state index in [1.54, 1.807) is 0 Å². The molecule has 2 aromatic carbocycles. The number of nitrogens with zero attached hydrogens (tertiary/aromatic N) is 5. The average Bonchev–Trinajstić information content (AvgIpc) is 3.37. The summed E-state index contributed by atoms with van der Waals surface area (Å²) in [5, 5.41) is 9.04. The van der Waals surface area contributed by atoms with Crippen LogP contribution in [0.15, 0.2) is 72.1 Å². The van der Waals surface area contributed by atoms with Crippen LogP contribution in [0.5, 0.6) is 5.75 Å². The third-order valence-electron chi connectivity index (χ3n) is 5.15. The van der Waals surface area contributed by atoms with E-state index in [9.17, 15) is 0 Å². The van der Waals surface area contributed by atoms with Gasteiger partial charge < -0.3 is 15.1 Å². The minimum absolute atomic E-state index is 0.109. The van der Waals surface area contributed by atoms with Crippen molar-refractivity contribution in [2.24, 2.45) is 0 Å². The molecule has 2 aromatic heterocycles. The molecule has 0 amide bonds. The molecule has 0 fully saturated rings. The maximum absolute atomic E-state index is 6.21. The largest absolute Gasteiger partial charge is 0.486 e. The zero-order valence-electron chi connectivity index (χ0n) is 18.6. The third-order valence-corrected chi connectivity index (χ3v) is 6.09. The van der Waals surface area contributed by atoms with E-state index in [1.165, 1.54) is 27.6 Å². The summed E-state index contributed by atoms with van der Waals surface area (Å²) in [5.41, 5.74) is 2.60. The number of imidazole rings is 1. The predicted molar refractivity (Wildman–Crippen MR) is 127 cm³/mol. The van der Waals surface area contributed by atoms with Gasteiger partial charge >= 0.3 is 0 Å². The van der Waals surface area contributed by atoms with Crippen LogP contribution in [0.3, 0.4) is 0 Å². The molecule has 8 heteroatoms. The molecule has 0 unspecified atom stereocenters. The second-order valence-corrected chi connectivity index (χ2v) is 9.52. The van der Waals surface area contributed by atoms with Gasteiger partial charge in [0, 0.05) is 18.9 Å². The number of benzene rings is 2. The van der Waals surface area contributed by atoms with Gasteiger partial charge in [0.2, 0.25) is 5.16 Å². The molecule has 4 aromatic rings. The Hall–Kier alpha value is -3.26. The van der Waals surface area contributed by atoms with Crippen molar-refractivity contribution in [3.63, 3.8) is 0 Å². The first kappa shape index (κ1) is 22.0. The van der Waals surface area contributed by atoms with Gasteiger partial charge in [0.1, 0.15) is 18.2 Å². The number of thioether (sulfide) groups is 1. The highest BCUT2D eigenvalue weighted by molar-refractivity contribution is 7.98. The Morgan fingerprint density at radius 1 is 0.969 bits per heavy atom. The molecule has 0 aliphatic heterocycles. The maximum atomic E-state index is 6.21. The van der Waals surface area contributed by atoms with Crippen molar-refractivity contribution in [3.05, 3.63) is 89.8 Å².